The third kappa shape index (κ3) is 2.72. The van der Waals surface area contributed by atoms with E-state index in [0.717, 1.165) is 18.4 Å². The smallest absolute Gasteiger partial charge is 0.156 e. The van der Waals surface area contributed by atoms with Gasteiger partial charge in [-0.25, -0.2) is 0 Å². The Balaban J connectivity index is 2.68. The third-order valence-electron chi connectivity index (χ3n) is 2.59. The number of carbonyl (C=O) groups is 1. The average molecular weight is 194 g/mol. The van der Waals surface area contributed by atoms with Gasteiger partial charge in [0.05, 0.1) is 6.61 Å². The van der Waals surface area contributed by atoms with Crippen LogP contribution in [0.2, 0.25) is 0 Å². The van der Waals surface area contributed by atoms with Crippen molar-refractivity contribution >= 4 is 5.78 Å². The molecule has 0 aliphatic heterocycles. The molecule has 0 radical (unpaired) electrons. The lowest BCUT2D eigenvalue weighted by Crippen LogP contribution is -2.14. The Morgan fingerprint density at radius 3 is 2.86 bits per heavy atom. The highest BCUT2D eigenvalue weighted by molar-refractivity contribution is 5.92. The molecule has 0 N–H and O–H groups in total. The quantitative estimate of drug-likeness (QED) is 0.643. The molecule has 0 saturated heterocycles. The molecule has 0 bridgehead atoms. The van der Waals surface area contributed by atoms with Crippen molar-refractivity contribution in [2.75, 3.05) is 6.61 Å². The molecular weight excluding hydrogens is 176 g/mol. The molecular formula is C12H18O2. The first-order valence-corrected chi connectivity index (χ1v) is 5.22. The molecule has 0 amide bonds. The van der Waals surface area contributed by atoms with Crippen LogP contribution in [-0.4, -0.2) is 12.4 Å². The summed E-state index contributed by atoms with van der Waals surface area (Å²) >= 11 is 0. The summed E-state index contributed by atoms with van der Waals surface area (Å²) in [6.45, 7) is 8.48. The zero-order valence-electron chi connectivity index (χ0n) is 9.01. The largest absolute Gasteiger partial charge is 0.494 e. The highest BCUT2D eigenvalue weighted by Crippen LogP contribution is 2.28. The number of hydrogen-bond acceptors (Lipinski definition) is 2. The Hall–Kier alpha value is -1.05. The number of ketones is 1. The molecule has 1 rings (SSSR count). The van der Waals surface area contributed by atoms with E-state index in [1.807, 2.05) is 6.92 Å². The summed E-state index contributed by atoms with van der Waals surface area (Å²) in [7, 11) is 0. The van der Waals surface area contributed by atoms with Crippen LogP contribution in [0.25, 0.3) is 0 Å². The van der Waals surface area contributed by atoms with E-state index in [0.29, 0.717) is 24.7 Å². The number of allylic oxidation sites excluding steroid dienone is 2. The van der Waals surface area contributed by atoms with E-state index < -0.39 is 0 Å². The molecule has 1 atom stereocenters. The molecule has 0 heterocycles. The van der Waals surface area contributed by atoms with E-state index in [4.69, 9.17) is 4.74 Å². The lowest BCUT2D eigenvalue weighted by Gasteiger charge is -2.21. The second-order valence-corrected chi connectivity index (χ2v) is 3.67. The predicted molar refractivity (Wildman–Crippen MR) is 56.9 cm³/mol. The summed E-state index contributed by atoms with van der Waals surface area (Å²) in [5, 5.41) is 0. The summed E-state index contributed by atoms with van der Waals surface area (Å²) in [6, 6.07) is 0. The third-order valence-corrected chi connectivity index (χ3v) is 2.59. The van der Waals surface area contributed by atoms with Gasteiger partial charge in [0.25, 0.3) is 0 Å². The van der Waals surface area contributed by atoms with Crippen molar-refractivity contribution in [2.24, 2.45) is 5.92 Å². The highest BCUT2D eigenvalue weighted by atomic mass is 16.5. The second-order valence-electron chi connectivity index (χ2n) is 3.67. The van der Waals surface area contributed by atoms with Crippen LogP contribution in [0, 0.1) is 5.92 Å². The van der Waals surface area contributed by atoms with Crippen LogP contribution in [0.4, 0.5) is 0 Å². The van der Waals surface area contributed by atoms with Crippen LogP contribution in [0.5, 0.6) is 0 Å². The van der Waals surface area contributed by atoms with Gasteiger partial charge in [-0.3, -0.25) is 4.79 Å². The number of ether oxygens (including phenoxy) is 1. The van der Waals surface area contributed by atoms with Gasteiger partial charge in [-0.1, -0.05) is 19.9 Å². The highest BCUT2D eigenvalue weighted by Gasteiger charge is 2.20. The van der Waals surface area contributed by atoms with Crippen molar-refractivity contribution in [3.63, 3.8) is 0 Å². The fraction of sp³-hybridized carbons (Fsp3) is 0.583. The summed E-state index contributed by atoms with van der Waals surface area (Å²) in [4.78, 5) is 11.4. The molecule has 2 heteroatoms. The van der Waals surface area contributed by atoms with Gasteiger partial charge in [0.15, 0.2) is 5.78 Å². The Morgan fingerprint density at radius 2 is 2.29 bits per heavy atom. The van der Waals surface area contributed by atoms with Crippen LogP contribution in [-0.2, 0) is 9.53 Å². The Morgan fingerprint density at radius 1 is 1.57 bits per heavy atom. The number of hydrogen-bond donors (Lipinski definition) is 0. The fourth-order valence-corrected chi connectivity index (χ4v) is 1.73. The number of carbonyl (C=O) groups excluding carboxylic acids is 1. The molecule has 0 saturated carbocycles. The van der Waals surface area contributed by atoms with E-state index in [2.05, 4.69) is 13.5 Å². The minimum absolute atomic E-state index is 0.207. The average Bonchev–Trinajstić information content (AvgIpc) is 2.17. The normalized spacial score (nSPS) is 21.7. The summed E-state index contributed by atoms with van der Waals surface area (Å²) < 4.78 is 5.31. The lowest BCUT2D eigenvalue weighted by molar-refractivity contribution is -0.116. The van der Waals surface area contributed by atoms with Crippen LogP contribution in [0.1, 0.15) is 33.1 Å². The van der Waals surface area contributed by atoms with Crippen LogP contribution in [0.3, 0.4) is 0 Å². The predicted octanol–water partition coefficient (Wildman–Crippen LogP) is 2.85. The van der Waals surface area contributed by atoms with Gasteiger partial charge in [0, 0.05) is 6.42 Å². The maximum atomic E-state index is 11.4. The molecule has 1 aliphatic rings. The Bertz CT molecular complexity index is 263. The van der Waals surface area contributed by atoms with E-state index >= 15 is 0 Å². The topological polar surface area (TPSA) is 26.3 Å². The minimum atomic E-state index is 0.207. The number of rotatable bonds is 4. The van der Waals surface area contributed by atoms with Crippen molar-refractivity contribution in [3.8, 4) is 0 Å². The molecule has 0 aromatic rings. The molecule has 0 aromatic heterocycles. The monoisotopic (exact) mass is 194 g/mol. The van der Waals surface area contributed by atoms with E-state index in [-0.39, 0.29) is 5.78 Å². The molecule has 14 heavy (non-hydrogen) atoms. The van der Waals surface area contributed by atoms with E-state index in [9.17, 15) is 4.79 Å². The summed E-state index contributed by atoms with van der Waals surface area (Å²) in [6.07, 6.45) is 4.34. The molecule has 0 spiro atoms. The Labute approximate surface area is 85.6 Å². The molecule has 0 fully saturated rings. The van der Waals surface area contributed by atoms with Crippen molar-refractivity contribution in [1.82, 2.24) is 0 Å². The fourth-order valence-electron chi connectivity index (χ4n) is 1.73. The Kier molecular flexibility index (Phi) is 3.93. The summed E-state index contributed by atoms with van der Waals surface area (Å²) in [5.74, 6) is 1.35. The minimum Gasteiger partial charge on any atom is -0.494 e. The maximum absolute atomic E-state index is 11.4. The zero-order chi connectivity index (χ0) is 10.6. The lowest BCUT2D eigenvalue weighted by atomic mass is 9.86. The van der Waals surface area contributed by atoms with Gasteiger partial charge in [-0.05, 0) is 30.9 Å². The van der Waals surface area contributed by atoms with Crippen LogP contribution < -0.4 is 0 Å². The van der Waals surface area contributed by atoms with Crippen molar-refractivity contribution < 1.29 is 9.53 Å². The molecule has 0 aromatic carbocycles. The van der Waals surface area contributed by atoms with Gasteiger partial charge < -0.3 is 4.74 Å². The zero-order valence-corrected chi connectivity index (χ0v) is 9.01. The first kappa shape index (κ1) is 11.0. The SMILES string of the molecule is C=C(OCC)C1=CC(=O)CC(CC)C1. The molecule has 1 unspecified atom stereocenters. The van der Waals surface area contributed by atoms with Gasteiger partial charge in [-0.15, -0.1) is 0 Å². The van der Waals surface area contributed by atoms with Crippen molar-refractivity contribution in [2.45, 2.75) is 33.1 Å². The van der Waals surface area contributed by atoms with Crippen molar-refractivity contribution in [1.29, 1.82) is 0 Å². The van der Waals surface area contributed by atoms with Gasteiger partial charge in [0.2, 0.25) is 0 Å². The van der Waals surface area contributed by atoms with Gasteiger partial charge in [-0.2, -0.15) is 0 Å². The standard InChI is InChI=1S/C12H18O2/c1-4-10-6-11(8-12(13)7-10)9(3)14-5-2/h8,10H,3-7H2,1-2H3. The van der Waals surface area contributed by atoms with Crippen LogP contribution >= 0.6 is 0 Å². The van der Waals surface area contributed by atoms with Crippen molar-refractivity contribution in [3.05, 3.63) is 24.0 Å². The molecule has 2 nitrogen and oxygen atoms in total. The second kappa shape index (κ2) is 4.99. The van der Waals surface area contributed by atoms with E-state index in [1.165, 1.54) is 0 Å². The molecule has 1 aliphatic carbocycles. The van der Waals surface area contributed by atoms with Crippen LogP contribution in [0.15, 0.2) is 24.0 Å². The molecule has 78 valence electrons. The summed E-state index contributed by atoms with van der Waals surface area (Å²) in [5.41, 5.74) is 0.981. The van der Waals surface area contributed by atoms with E-state index in [1.54, 1.807) is 6.08 Å². The maximum Gasteiger partial charge on any atom is 0.156 e. The first-order valence-electron chi connectivity index (χ1n) is 5.22. The van der Waals surface area contributed by atoms with Gasteiger partial charge >= 0.3 is 0 Å². The van der Waals surface area contributed by atoms with Gasteiger partial charge in [0.1, 0.15) is 5.76 Å². The first-order chi connectivity index (χ1) is 6.67.